The van der Waals surface area contributed by atoms with E-state index in [4.69, 9.17) is 5.11 Å². The van der Waals surface area contributed by atoms with Gasteiger partial charge in [-0.2, -0.15) is 0 Å². The Bertz CT molecular complexity index is 568. The lowest BCUT2D eigenvalue weighted by atomic mass is 9.97. The van der Waals surface area contributed by atoms with E-state index in [0.717, 1.165) is 30.4 Å². The van der Waals surface area contributed by atoms with Crippen molar-refractivity contribution in [2.45, 2.75) is 12.3 Å². The summed E-state index contributed by atoms with van der Waals surface area (Å²) in [7, 11) is 0. The lowest BCUT2D eigenvalue weighted by Gasteiger charge is -2.08. The van der Waals surface area contributed by atoms with Crippen molar-refractivity contribution < 1.29 is 9.90 Å². The number of carboxylic acid groups (broad SMARTS) is 1. The van der Waals surface area contributed by atoms with Crippen molar-refractivity contribution >= 4 is 16.9 Å². The molecule has 1 saturated heterocycles. The van der Waals surface area contributed by atoms with Crippen LogP contribution in [-0.2, 0) is 0 Å². The largest absolute Gasteiger partial charge is 0.477 e. The minimum absolute atomic E-state index is 0.252. The summed E-state index contributed by atoms with van der Waals surface area (Å²) in [5.74, 6) is -0.354. The van der Waals surface area contributed by atoms with Crippen molar-refractivity contribution in [2.75, 3.05) is 13.1 Å². The average Bonchev–Trinajstić information content (AvgIpc) is 2.97. The molecule has 0 aliphatic carbocycles. The van der Waals surface area contributed by atoms with Crippen LogP contribution >= 0.6 is 0 Å². The first-order valence-electron chi connectivity index (χ1n) is 5.81. The number of aromatic nitrogens is 1. The zero-order chi connectivity index (χ0) is 11.8. The molecule has 0 saturated carbocycles. The minimum atomic E-state index is -0.912. The van der Waals surface area contributed by atoms with Crippen molar-refractivity contribution in [2.24, 2.45) is 0 Å². The molecule has 2 aromatic rings. The number of carboxylic acids is 1. The molecule has 0 amide bonds. The van der Waals surface area contributed by atoms with Gasteiger partial charge in [0.05, 0.1) is 0 Å². The topological polar surface area (TPSA) is 65.1 Å². The molecule has 1 unspecified atom stereocenters. The summed E-state index contributed by atoms with van der Waals surface area (Å²) in [6.07, 6.45) is 1.15. The lowest BCUT2D eigenvalue weighted by molar-refractivity contribution is 0.0691. The maximum Gasteiger partial charge on any atom is 0.352 e. The minimum Gasteiger partial charge on any atom is -0.477 e. The fourth-order valence-corrected chi connectivity index (χ4v) is 2.46. The zero-order valence-electron chi connectivity index (χ0n) is 9.36. The van der Waals surface area contributed by atoms with Gasteiger partial charge < -0.3 is 15.4 Å². The fourth-order valence-electron chi connectivity index (χ4n) is 2.46. The van der Waals surface area contributed by atoms with E-state index in [1.807, 2.05) is 6.07 Å². The van der Waals surface area contributed by atoms with Crippen molar-refractivity contribution in [1.29, 1.82) is 0 Å². The van der Waals surface area contributed by atoms with Crippen LogP contribution in [0.2, 0.25) is 0 Å². The number of H-pyrrole nitrogens is 1. The van der Waals surface area contributed by atoms with Gasteiger partial charge in [0.2, 0.25) is 0 Å². The van der Waals surface area contributed by atoms with E-state index in [2.05, 4.69) is 22.4 Å². The summed E-state index contributed by atoms with van der Waals surface area (Å²) < 4.78 is 0. The molecule has 3 rings (SSSR count). The molecule has 1 aliphatic rings. The van der Waals surface area contributed by atoms with Crippen LogP contribution in [0.5, 0.6) is 0 Å². The van der Waals surface area contributed by atoms with Gasteiger partial charge in [-0.15, -0.1) is 0 Å². The molecule has 0 spiro atoms. The second-order valence-corrected chi connectivity index (χ2v) is 4.52. The molecule has 4 heteroatoms. The van der Waals surface area contributed by atoms with Gasteiger partial charge in [-0.1, -0.05) is 6.07 Å². The van der Waals surface area contributed by atoms with E-state index in [-0.39, 0.29) is 5.69 Å². The third-order valence-corrected chi connectivity index (χ3v) is 3.41. The Balaban J connectivity index is 2.02. The van der Waals surface area contributed by atoms with Crippen LogP contribution in [0.4, 0.5) is 0 Å². The molecule has 0 bridgehead atoms. The predicted octanol–water partition coefficient (Wildman–Crippen LogP) is 1.94. The van der Waals surface area contributed by atoms with E-state index in [1.54, 1.807) is 6.07 Å². The first-order chi connectivity index (χ1) is 8.24. The normalized spacial score (nSPS) is 19.9. The van der Waals surface area contributed by atoms with Gasteiger partial charge in [0.25, 0.3) is 0 Å². The number of aromatic amines is 1. The van der Waals surface area contributed by atoms with Crippen LogP contribution in [0.15, 0.2) is 24.3 Å². The maximum absolute atomic E-state index is 10.9. The quantitative estimate of drug-likeness (QED) is 0.738. The van der Waals surface area contributed by atoms with E-state index in [1.165, 1.54) is 5.56 Å². The molecule has 3 N–H and O–H groups in total. The Labute approximate surface area is 98.6 Å². The molecule has 4 nitrogen and oxygen atoms in total. The Morgan fingerprint density at radius 3 is 2.94 bits per heavy atom. The highest BCUT2D eigenvalue weighted by Gasteiger charge is 2.17. The zero-order valence-corrected chi connectivity index (χ0v) is 9.36. The number of benzene rings is 1. The van der Waals surface area contributed by atoms with E-state index >= 15 is 0 Å². The van der Waals surface area contributed by atoms with Crippen LogP contribution in [0, 0.1) is 0 Å². The number of hydrogen-bond donors (Lipinski definition) is 3. The summed E-state index contributed by atoms with van der Waals surface area (Å²) in [5.41, 5.74) is 2.43. The van der Waals surface area contributed by atoms with Crippen LogP contribution in [0.3, 0.4) is 0 Å². The highest BCUT2D eigenvalue weighted by atomic mass is 16.4. The SMILES string of the molecule is O=C(O)c1cc2cc(C3CCNC3)ccc2[nH]1. The van der Waals surface area contributed by atoms with Gasteiger partial charge >= 0.3 is 5.97 Å². The molecule has 0 radical (unpaired) electrons. The predicted molar refractivity (Wildman–Crippen MR) is 65.5 cm³/mol. The monoisotopic (exact) mass is 230 g/mol. The molecule has 1 atom stereocenters. The van der Waals surface area contributed by atoms with Crippen LogP contribution in [0.25, 0.3) is 10.9 Å². The van der Waals surface area contributed by atoms with Crippen LogP contribution in [-0.4, -0.2) is 29.1 Å². The Hall–Kier alpha value is -1.81. The van der Waals surface area contributed by atoms with Gasteiger partial charge in [-0.05, 0) is 42.6 Å². The van der Waals surface area contributed by atoms with Crippen molar-refractivity contribution in [3.63, 3.8) is 0 Å². The number of nitrogens with one attached hydrogen (secondary N) is 2. The number of hydrogen-bond acceptors (Lipinski definition) is 2. The Kier molecular flexibility index (Phi) is 2.37. The summed E-state index contributed by atoms with van der Waals surface area (Å²) in [5, 5.41) is 13.2. The summed E-state index contributed by atoms with van der Waals surface area (Å²) in [4.78, 5) is 13.8. The van der Waals surface area contributed by atoms with Crippen molar-refractivity contribution in [3.8, 4) is 0 Å². The third-order valence-electron chi connectivity index (χ3n) is 3.41. The second kappa shape index (κ2) is 3.89. The standard InChI is InChI=1S/C13H14N2O2/c16-13(17)12-6-10-5-8(1-2-11(10)15-12)9-3-4-14-7-9/h1-2,5-6,9,14-15H,3-4,7H2,(H,16,17). The fraction of sp³-hybridized carbons (Fsp3) is 0.308. The first-order valence-corrected chi connectivity index (χ1v) is 5.81. The Morgan fingerprint density at radius 2 is 2.24 bits per heavy atom. The molecular formula is C13H14N2O2. The smallest absolute Gasteiger partial charge is 0.352 e. The van der Waals surface area contributed by atoms with Crippen LogP contribution in [0.1, 0.15) is 28.4 Å². The summed E-state index contributed by atoms with van der Waals surface area (Å²) in [6.45, 7) is 2.08. The Morgan fingerprint density at radius 1 is 1.35 bits per heavy atom. The molecule has 1 fully saturated rings. The number of rotatable bonds is 2. The molecule has 1 aliphatic heterocycles. The van der Waals surface area contributed by atoms with Gasteiger partial charge in [-0.3, -0.25) is 0 Å². The van der Waals surface area contributed by atoms with Gasteiger partial charge in [0, 0.05) is 17.4 Å². The average molecular weight is 230 g/mol. The number of fused-ring (bicyclic) bond motifs is 1. The van der Waals surface area contributed by atoms with Gasteiger partial charge in [-0.25, -0.2) is 4.79 Å². The number of aromatic carboxylic acids is 1. The molecular weight excluding hydrogens is 216 g/mol. The molecule has 1 aromatic heterocycles. The van der Waals surface area contributed by atoms with Gasteiger partial charge in [0.15, 0.2) is 0 Å². The third kappa shape index (κ3) is 1.80. The van der Waals surface area contributed by atoms with Crippen molar-refractivity contribution in [3.05, 3.63) is 35.5 Å². The van der Waals surface area contributed by atoms with E-state index in [0.29, 0.717) is 5.92 Å². The highest BCUT2D eigenvalue weighted by Crippen LogP contribution is 2.26. The first kappa shape index (κ1) is 10.4. The van der Waals surface area contributed by atoms with Crippen molar-refractivity contribution in [1.82, 2.24) is 10.3 Å². The molecule has 17 heavy (non-hydrogen) atoms. The lowest BCUT2D eigenvalue weighted by Crippen LogP contribution is -2.07. The second-order valence-electron chi connectivity index (χ2n) is 4.52. The van der Waals surface area contributed by atoms with E-state index < -0.39 is 5.97 Å². The van der Waals surface area contributed by atoms with Gasteiger partial charge in [0.1, 0.15) is 5.69 Å². The van der Waals surface area contributed by atoms with E-state index in [9.17, 15) is 4.79 Å². The highest BCUT2D eigenvalue weighted by molar-refractivity contribution is 5.93. The molecule has 88 valence electrons. The number of carbonyl (C=O) groups is 1. The van der Waals surface area contributed by atoms with Crippen LogP contribution < -0.4 is 5.32 Å². The molecule has 2 heterocycles. The maximum atomic E-state index is 10.9. The summed E-state index contributed by atoms with van der Waals surface area (Å²) in [6, 6.07) is 7.84. The summed E-state index contributed by atoms with van der Waals surface area (Å²) >= 11 is 0. The molecule has 1 aromatic carbocycles.